The van der Waals surface area contributed by atoms with Crippen LogP contribution in [0, 0.1) is 5.92 Å². The molecule has 0 aromatic rings. The molecule has 0 atom stereocenters. The number of hydrogen-bond donors (Lipinski definition) is 1. The summed E-state index contributed by atoms with van der Waals surface area (Å²) in [7, 11) is 1.30. The number of esters is 1. The molecule has 0 aliphatic carbocycles. The Morgan fingerprint density at radius 3 is 2.12 bits per heavy atom. The molecule has 0 saturated heterocycles. The number of methoxy groups -OCH3 is 1. The molecular formula is C22H39NO3. The minimum atomic E-state index is -0.478. The molecular weight excluding hydrogens is 326 g/mol. The van der Waals surface area contributed by atoms with Crippen LogP contribution in [0.3, 0.4) is 0 Å². The second-order valence-electron chi connectivity index (χ2n) is 7.33. The second kappa shape index (κ2) is 16.9. The van der Waals surface area contributed by atoms with Crippen molar-refractivity contribution in [2.75, 3.05) is 13.7 Å². The first-order valence-corrected chi connectivity index (χ1v) is 10.1. The topological polar surface area (TPSA) is 55.4 Å². The number of amides is 1. The molecule has 0 spiro atoms. The van der Waals surface area contributed by atoms with E-state index in [0.717, 1.165) is 31.6 Å². The Balaban J connectivity index is 3.39. The van der Waals surface area contributed by atoms with Gasteiger partial charge in [-0.3, -0.25) is 4.79 Å². The molecule has 0 bridgehead atoms. The lowest BCUT2D eigenvalue weighted by Gasteiger charge is -2.06. The minimum Gasteiger partial charge on any atom is -0.466 e. The first-order chi connectivity index (χ1) is 12.5. The molecule has 4 heteroatoms. The van der Waals surface area contributed by atoms with Gasteiger partial charge in [-0.25, -0.2) is 4.79 Å². The highest BCUT2D eigenvalue weighted by atomic mass is 16.5. The van der Waals surface area contributed by atoms with Crippen LogP contribution in [0.5, 0.6) is 0 Å². The van der Waals surface area contributed by atoms with E-state index < -0.39 is 5.97 Å². The van der Waals surface area contributed by atoms with E-state index in [0.29, 0.717) is 6.42 Å². The largest absolute Gasteiger partial charge is 0.466 e. The quantitative estimate of drug-likeness (QED) is 0.174. The van der Waals surface area contributed by atoms with Gasteiger partial charge in [0.25, 0.3) is 0 Å². The van der Waals surface area contributed by atoms with E-state index in [4.69, 9.17) is 0 Å². The summed E-state index contributed by atoms with van der Waals surface area (Å²) in [6.45, 7) is 8.31. The van der Waals surface area contributed by atoms with Gasteiger partial charge in [0, 0.05) is 18.5 Å². The van der Waals surface area contributed by atoms with E-state index in [9.17, 15) is 9.59 Å². The Labute approximate surface area is 160 Å². The van der Waals surface area contributed by atoms with Gasteiger partial charge in [0.05, 0.1) is 7.11 Å². The Bertz CT molecular complexity index is 427. The van der Waals surface area contributed by atoms with Crippen molar-refractivity contribution in [2.45, 2.75) is 84.5 Å². The molecule has 0 unspecified atom stereocenters. The predicted octanol–water partition coefficient (Wildman–Crippen LogP) is 5.34. The molecule has 0 aromatic heterocycles. The molecule has 1 N–H and O–H groups in total. The summed E-state index contributed by atoms with van der Waals surface area (Å²) in [5, 5.41) is 2.69. The van der Waals surface area contributed by atoms with Gasteiger partial charge in [0.1, 0.15) is 0 Å². The molecule has 150 valence electrons. The van der Waals surface area contributed by atoms with Crippen LogP contribution in [-0.4, -0.2) is 25.5 Å². The molecule has 0 aromatic carbocycles. The maximum Gasteiger partial charge on any atom is 0.334 e. The van der Waals surface area contributed by atoms with Crippen molar-refractivity contribution in [3.8, 4) is 0 Å². The number of carbonyl (C=O) groups is 2. The Morgan fingerprint density at radius 1 is 0.962 bits per heavy atom. The first kappa shape index (κ1) is 24.4. The second-order valence-corrected chi connectivity index (χ2v) is 7.33. The van der Waals surface area contributed by atoms with Gasteiger partial charge in [0.15, 0.2) is 0 Å². The average molecular weight is 366 g/mol. The third kappa shape index (κ3) is 15.9. The van der Waals surface area contributed by atoms with Crippen LogP contribution in [0.25, 0.3) is 0 Å². The molecule has 4 nitrogen and oxygen atoms in total. The molecule has 0 rings (SSSR count). The smallest absolute Gasteiger partial charge is 0.334 e. The van der Waals surface area contributed by atoms with E-state index in [1.807, 2.05) is 0 Å². The fourth-order valence-corrected chi connectivity index (χ4v) is 2.64. The van der Waals surface area contributed by atoms with Crippen LogP contribution in [0.1, 0.15) is 84.5 Å². The van der Waals surface area contributed by atoms with Crippen LogP contribution < -0.4 is 5.32 Å². The van der Waals surface area contributed by atoms with Crippen LogP contribution in [0.4, 0.5) is 0 Å². The van der Waals surface area contributed by atoms with Gasteiger partial charge < -0.3 is 10.1 Å². The molecule has 0 radical (unpaired) electrons. The Kier molecular flexibility index (Phi) is 15.8. The van der Waals surface area contributed by atoms with Gasteiger partial charge in [0.2, 0.25) is 5.91 Å². The SMILES string of the molecule is C=C(CNC(=O)CCCCCCC=CCCCCCC(C)C)C(=O)OC. The summed E-state index contributed by atoms with van der Waals surface area (Å²) in [5.41, 5.74) is 0.271. The van der Waals surface area contributed by atoms with Crippen LogP contribution >= 0.6 is 0 Å². The Morgan fingerprint density at radius 2 is 1.54 bits per heavy atom. The summed E-state index contributed by atoms with van der Waals surface area (Å²) in [6.07, 6.45) is 17.1. The fraction of sp³-hybridized carbons (Fsp3) is 0.727. The number of allylic oxidation sites excluding steroid dienone is 2. The minimum absolute atomic E-state index is 0.0348. The van der Waals surface area contributed by atoms with Crippen LogP contribution in [0.15, 0.2) is 24.3 Å². The highest BCUT2D eigenvalue weighted by Crippen LogP contribution is 2.10. The lowest BCUT2D eigenvalue weighted by atomic mass is 10.0. The fourth-order valence-electron chi connectivity index (χ4n) is 2.64. The monoisotopic (exact) mass is 365 g/mol. The van der Waals surface area contributed by atoms with Gasteiger partial charge in [-0.05, 0) is 38.0 Å². The highest BCUT2D eigenvalue weighted by Gasteiger charge is 2.08. The highest BCUT2D eigenvalue weighted by molar-refractivity contribution is 5.89. The van der Waals surface area contributed by atoms with E-state index in [1.165, 1.54) is 45.6 Å². The molecule has 0 aliphatic heterocycles. The lowest BCUT2D eigenvalue weighted by Crippen LogP contribution is -2.27. The van der Waals surface area contributed by atoms with E-state index in [1.54, 1.807) is 0 Å². The zero-order valence-corrected chi connectivity index (χ0v) is 17.1. The van der Waals surface area contributed by atoms with Gasteiger partial charge in [-0.2, -0.15) is 0 Å². The lowest BCUT2D eigenvalue weighted by molar-refractivity contribution is -0.136. The van der Waals surface area contributed by atoms with E-state index in [2.05, 4.69) is 42.6 Å². The van der Waals surface area contributed by atoms with Gasteiger partial charge in [-0.1, -0.05) is 64.7 Å². The zero-order valence-electron chi connectivity index (χ0n) is 17.1. The van der Waals surface area contributed by atoms with Crippen molar-refractivity contribution in [3.05, 3.63) is 24.3 Å². The van der Waals surface area contributed by atoms with Crippen molar-refractivity contribution in [1.82, 2.24) is 5.32 Å². The van der Waals surface area contributed by atoms with Crippen LogP contribution in [0.2, 0.25) is 0 Å². The van der Waals surface area contributed by atoms with Crippen LogP contribution in [-0.2, 0) is 14.3 Å². The summed E-state index contributed by atoms with van der Waals surface area (Å²) in [5.74, 6) is 0.317. The maximum absolute atomic E-state index is 11.7. The predicted molar refractivity (Wildman–Crippen MR) is 109 cm³/mol. The third-order valence-corrected chi connectivity index (χ3v) is 4.32. The number of rotatable bonds is 16. The van der Waals surface area contributed by atoms with Gasteiger partial charge >= 0.3 is 5.97 Å². The van der Waals surface area contributed by atoms with Gasteiger partial charge in [-0.15, -0.1) is 0 Å². The van der Waals surface area contributed by atoms with Crippen molar-refractivity contribution in [2.24, 2.45) is 5.92 Å². The number of ether oxygens (including phenoxy) is 1. The molecule has 1 amide bonds. The summed E-state index contributed by atoms with van der Waals surface area (Å²) < 4.78 is 4.54. The molecule has 0 fully saturated rings. The number of unbranched alkanes of at least 4 members (excludes halogenated alkanes) is 7. The maximum atomic E-state index is 11.7. The third-order valence-electron chi connectivity index (χ3n) is 4.32. The average Bonchev–Trinajstić information content (AvgIpc) is 2.62. The molecule has 0 saturated carbocycles. The van der Waals surface area contributed by atoms with Crippen molar-refractivity contribution >= 4 is 11.9 Å². The first-order valence-electron chi connectivity index (χ1n) is 10.1. The zero-order chi connectivity index (χ0) is 19.6. The number of hydrogen-bond acceptors (Lipinski definition) is 3. The Hall–Kier alpha value is -1.58. The standard InChI is InChI=1S/C22H39NO3/c1-19(2)16-14-12-10-8-6-5-7-9-11-13-15-17-21(24)23-18-20(3)22(25)26-4/h5-6,19H,3,7-18H2,1-2,4H3,(H,23,24). The molecule has 0 aliphatic rings. The normalized spacial score (nSPS) is 11.1. The summed E-state index contributed by atoms with van der Waals surface area (Å²) >= 11 is 0. The molecule has 26 heavy (non-hydrogen) atoms. The van der Waals surface area contributed by atoms with Crippen molar-refractivity contribution in [3.63, 3.8) is 0 Å². The van der Waals surface area contributed by atoms with E-state index in [-0.39, 0.29) is 18.0 Å². The summed E-state index contributed by atoms with van der Waals surface area (Å²) in [4.78, 5) is 22.8. The number of carbonyl (C=O) groups excluding carboxylic acids is 2. The molecule has 0 heterocycles. The van der Waals surface area contributed by atoms with Crippen molar-refractivity contribution in [1.29, 1.82) is 0 Å². The summed E-state index contributed by atoms with van der Waals surface area (Å²) in [6, 6.07) is 0. The van der Waals surface area contributed by atoms with Crippen molar-refractivity contribution < 1.29 is 14.3 Å². The van der Waals surface area contributed by atoms with E-state index >= 15 is 0 Å². The number of nitrogens with one attached hydrogen (secondary N) is 1.